The Hall–Kier alpha value is -2.77. The van der Waals surface area contributed by atoms with Gasteiger partial charge in [-0.2, -0.15) is 0 Å². The number of benzene rings is 1. The Balaban J connectivity index is 1.54. The van der Waals surface area contributed by atoms with E-state index in [1.54, 1.807) is 24.3 Å². The molecule has 0 atom stereocenters. The zero-order valence-electron chi connectivity index (χ0n) is 13.7. The van der Waals surface area contributed by atoms with Crippen LogP contribution in [0.2, 0.25) is 0 Å². The van der Waals surface area contributed by atoms with Gasteiger partial charge < -0.3 is 10.4 Å². The van der Waals surface area contributed by atoms with Crippen molar-refractivity contribution in [3.8, 4) is 0 Å². The lowest BCUT2D eigenvalue weighted by Crippen LogP contribution is -2.39. The van der Waals surface area contributed by atoms with E-state index in [1.165, 1.54) is 4.68 Å². The highest BCUT2D eigenvalue weighted by Crippen LogP contribution is 2.24. The van der Waals surface area contributed by atoms with Gasteiger partial charge in [0.25, 0.3) is 5.56 Å². The Morgan fingerprint density at radius 3 is 2.64 bits per heavy atom. The third-order valence-corrected chi connectivity index (χ3v) is 4.62. The third kappa shape index (κ3) is 4.01. The minimum Gasteiger partial charge on any atom is -0.481 e. The number of aliphatic carboxylic acids is 1. The number of amides is 1. The van der Waals surface area contributed by atoms with Crippen molar-refractivity contribution in [3.63, 3.8) is 0 Å². The second-order valence-electron chi connectivity index (χ2n) is 6.34. The topological polar surface area (TPSA) is 114 Å². The van der Waals surface area contributed by atoms with Gasteiger partial charge in [0.05, 0.1) is 17.8 Å². The van der Waals surface area contributed by atoms with Crippen molar-refractivity contribution in [2.45, 2.75) is 44.7 Å². The fourth-order valence-electron chi connectivity index (χ4n) is 3.16. The Labute approximate surface area is 143 Å². The SMILES string of the molecule is O=C(CCn1nnc2ccccc2c1=O)NC1CCC(C(=O)O)CC1. The lowest BCUT2D eigenvalue weighted by atomic mass is 9.86. The summed E-state index contributed by atoms with van der Waals surface area (Å²) in [5, 5.41) is 20.2. The van der Waals surface area contributed by atoms with E-state index >= 15 is 0 Å². The van der Waals surface area contributed by atoms with Crippen LogP contribution in [0.4, 0.5) is 0 Å². The number of nitrogens with one attached hydrogen (secondary N) is 1. The van der Waals surface area contributed by atoms with Crippen molar-refractivity contribution >= 4 is 22.8 Å². The highest BCUT2D eigenvalue weighted by Gasteiger charge is 2.26. The van der Waals surface area contributed by atoms with Gasteiger partial charge in [-0.05, 0) is 37.8 Å². The zero-order valence-corrected chi connectivity index (χ0v) is 13.7. The van der Waals surface area contributed by atoms with E-state index in [0.717, 1.165) is 0 Å². The number of hydrogen-bond donors (Lipinski definition) is 2. The summed E-state index contributed by atoms with van der Waals surface area (Å²) < 4.78 is 1.20. The van der Waals surface area contributed by atoms with E-state index < -0.39 is 5.97 Å². The maximum Gasteiger partial charge on any atom is 0.306 e. The maximum atomic E-state index is 12.3. The van der Waals surface area contributed by atoms with Crippen LogP contribution in [0.15, 0.2) is 29.1 Å². The van der Waals surface area contributed by atoms with Gasteiger partial charge in [-0.3, -0.25) is 14.4 Å². The van der Waals surface area contributed by atoms with Crippen LogP contribution >= 0.6 is 0 Å². The molecule has 1 heterocycles. The lowest BCUT2D eigenvalue weighted by Gasteiger charge is -2.26. The summed E-state index contributed by atoms with van der Waals surface area (Å²) in [4.78, 5) is 35.3. The monoisotopic (exact) mass is 344 g/mol. The number of aromatic nitrogens is 3. The minimum atomic E-state index is -0.765. The number of fused-ring (bicyclic) bond motifs is 1. The van der Waals surface area contributed by atoms with Crippen LogP contribution in [0, 0.1) is 5.92 Å². The molecule has 0 aliphatic heterocycles. The molecule has 2 aromatic rings. The summed E-state index contributed by atoms with van der Waals surface area (Å²) in [7, 11) is 0. The first kappa shape index (κ1) is 17.1. The number of aryl methyl sites for hydroxylation is 1. The number of rotatable bonds is 5. The smallest absolute Gasteiger partial charge is 0.306 e. The molecular weight excluding hydrogens is 324 g/mol. The van der Waals surface area contributed by atoms with Gasteiger partial charge in [-0.15, -0.1) is 5.10 Å². The molecule has 8 heteroatoms. The number of carbonyl (C=O) groups excluding carboxylic acids is 1. The highest BCUT2D eigenvalue weighted by molar-refractivity contribution is 5.77. The number of nitrogens with zero attached hydrogens (tertiary/aromatic N) is 3. The molecule has 132 valence electrons. The summed E-state index contributed by atoms with van der Waals surface area (Å²) in [5.41, 5.74) is 0.267. The molecule has 8 nitrogen and oxygen atoms in total. The molecule has 2 N–H and O–H groups in total. The molecule has 1 aliphatic carbocycles. The molecule has 1 aliphatic rings. The largest absolute Gasteiger partial charge is 0.481 e. The molecule has 0 bridgehead atoms. The number of hydrogen-bond acceptors (Lipinski definition) is 5. The number of carboxylic acids is 1. The first-order chi connectivity index (χ1) is 12.0. The zero-order chi connectivity index (χ0) is 17.8. The van der Waals surface area contributed by atoms with Crippen LogP contribution in [-0.4, -0.2) is 38.0 Å². The van der Waals surface area contributed by atoms with Gasteiger partial charge in [0, 0.05) is 12.5 Å². The molecule has 0 radical (unpaired) electrons. The van der Waals surface area contributed by atoms with E-state index in [0.29, 0.717) is 36.6 Å². The van der Waals surface area contributed by atoms with Crippen LogP contribution in [-0.2, 0) is 16.1 Å². The Bertz CT molecular complexity index is 840. The van der Waals surface area contributed by atoms with Gasteiger partial charge in [0.2, 0.25) is 5.91 Å². The van der Waals surface area contributed by atoms with E-state index in [4.69, 9.17) is 5.11 Å². The van der Waals surface area contributed by atoms with Crippen LogP contribution in [0.5, 0.6) is 0 Å². The minimum absolute atomic E-state index is 0.00232. The van der Waals surface area contributed by atoms with Gasteiger partial charge in [0.1, 0.15) is 5.52 Å². The Kier molecular flexibility index (Phi) is 5.06. The average Bonchev–Trinajstić information content (AvgIpc) is 2.62. The first-order valence-corrected chi connectivity index (χ1v) is 8.39. The quantitative estimate of drug-likeness (QED) is 0.834. The number of carboxylic acid groups (broad SMARTS) is 1. The molecule has 1 aromatic heterocycles. The first-order valence-electron chi connectivity index (χ1n) is 8.39. The molecular formula is C17H20N4O4. The van der Waals surface area contributed by atoms with Crippen LogP contribution in [0.3, 0.4) is 0 Å². The summed E-state index contributed by atoms with van der Waals surface area (Å²) in [6.45, 7) is 0.160. The van der Waals surface area contributed by atoms with Crippen LogP contribution < -0.4 is 10.9 Å². The number of carbonyl (C=O) groups is 2. The van der Waals surface area contributed by atoms with Gasteiger partial charge in [-0.1, -0.05) is 17.3 Å². The second-order valence-corrected chi connectivity index (χ2v) is 6.34. The fraction of sp³-hybridized carbons (Fsp3) is 0.471. The Morgan fingerprint density at radius 1 is 1.20 bits per heavy atom. The Morgan fingerprint density at radius 2 is 1.92 bits per heavy atom. The molecule has 0 unspecified atom stereocenters. The van der Waals surface area contributed by atoms with Crippen LogP contribution in [0.25, 0.3) is 10.9 Å². The van der Waals surface area contributed by atoms with E-state index in [2.05, 4.69) is 15.6 Å². The summed E-state index contributed by atoms with van der Waals surface area (Å²) in [5.74, 6) is -1.24. The van der Waals surface area contributed by atoms with E-state index in [1.807, 2.05) is 0 Å². The molecule has 0 saturated heterocycles. The molecule has 1 fully saturated rings. The molecule has 25 heavy (non-hydrogen) atoms. The van der Waals surface area contributed by atoms with Crippen molar-refractivity contribution in [1.82, 2.24) is 20.3 Å². The molecule has 1 aromatic carbocycles. The summed E-state index contributed by atoms with van der Waals surface area (Å²) in [6.07, 6.45) is 2.62. The predicted molar refractivity (Wildman–Crippen MR) is 89.9 cm³/mol. The molecule has 1 saturated carbocycles. The summed E-state index contributed by atoms with van der Waals surface area (Å²) in [6, 6.07) is 6.95. The van der Waals surface area contributed by atoms with Crippen molar-refractivity contribution in [1.29, 1.82) is 0 Å². The van der Waals surface area contributed by atoms with Gasteiger partial charge in [-0.25, -0.2) is 4.68 Å². The van der Waals surface area contributed by atoms with Crippen molar-refractivity contribution in [2.75, 3.05) is 0 Å². The summed E-state index contributed by atoms with van der Waals surface area (Å²) >= 11 is 0. The molecule has 1 amide bonds. The standard InChI is InChI=1S/C17H20N4O4/c22-15(18-12-7-5-11(6-8-12)17(24)25)9-10-21-16(23)13-3-1-2-4-14(13)19-20-21/h1-4,11-12H,5-10H2,(H,18,22)(H,24,25). The van der Waals surface area contributed by atoms with Crippen LogP contribution in [0.1, 0.15) is 32.1 Å². The van der Waals surface area contributed by atoms with Crippen molar-refractivity contribution < 1.29 is 14.7 Å². The average molecular weight is 344 g/mol. The third-order valence-electron chi connectivity index (χ3n) is 4.62. The van der Waals surface area contributed by atoms with E-state index in [9.17, 15) is 14.4 Å². The second kappa shape index (κ2) is 7.42. The predicted octanol–water partition coefficient (Wildman–Crippen LogP) is 0.941. The lowest BCUT2D eigenvalue weighted by molar-refractivity contribution is -0.142. The van der Waals surface area contributed by atoms with Crippen molar-refractivity contribution in [2.24, 2.45) is 5.92 Å². The maximum absolute atomic E-state index is 12.3. The van der Waals surface area contributed by atoms with Gasteiger partial charge in [0.15, 0.2) is 0 Å². The fourth-order valence-corrected chi connectivity index (χ4v) is 3.16. The normalized spacial score (nSPS) is 20.3. The van der Waals surface area contributed by atoms with Gasteiger partial charge >= 0.3 is 5.97 Å². The molecule has 3 rings (SSSR count). The van der Waals surface area contributed by atoms with Crippen molar-refractivity contribution in [3.05, 3.63) is 34.6 Å². The molecule has 0 spiro atoms. The highest BCUT2D eigenvalue weighted by atomic mass is 16.4. The van der Waals surface area contributed by atoms with E-state index in [-0.39, 0.29) is 36.4 Å².